The Kier molecular flexibility index (Phi) is 4.76. The zero-order valence-electron chi connectivity index (χ0n) is 10.3. The van der Waals surface area contributed by atoms with Crippen LogP contribution in [0.4, 0.5) is 0 Å². The minimum Gasteiger partial charge on any atom is -0.377 e. The van der Waals surface area contributed by atoms with Gasteiger partial charge in [0.2, 0.25) is 0 Å². The summed E-state index contributed by atoms with van der Waals surface area (Å²) in [4.78, 5) is 0. The van der Waals surface area contributed by atoms with E-state index in [0.717, 1.165) is 19.7 Å². The monoisotopic (exact) mass is 235 g/mol. The Balaban J connectivity index is 1.54. The second kappa shape index (κ2) is 6.57. The molecule has 0 saturated heterocycles. The van der Waals surface area contributed by atoms with Gasteiger partial charge in [0.25, 0.3) is 0 Å². The summed E-state index contributed by atoms with van der Waals surface area (Å²) in [6.07, 6.45) is 11.2. The van der Waals surface area contributed by atoms with E-state index < -0.39 is 0 Å². The van der Waals surface area contributed by atoms with Crippen LogP contribution in [0.2, 0.25) is 0 Å². The molecule has 0 aromatic carbocycles. The molecule has 0 radical (unpaired) electrons. The van der Waals surface area contributed by atoms with E-state index in [1.165, 1.54) is 31.2 Å². The highest BCUT2D eigenvalue weighted by molar-refractivity contribution is 5.17. The van der Waals surface area contributed by atoms with Gasteiger partial charge in [0.15, 0.2) is 0 Å². The zero-order valence-corrected chi connectivity index (χ0v) is 10.3. The molecule has 1 N–H and O–H groups in total. The fourth-order valence-electron chi connectivity index (χ4n) is 2.15. The minimum absolute atomic E-state index is 0.514. The van der Waals surface area contributed by atoms with Gasteiger partial charge in [-0.15, -0.1) is 0 Å². The topological polar surface area (TPSA) is 39.1 Å². The Labute approximate surface area is 103 Å². The van der Waals surface area contributed by atoms with Crippen molar-refractivity contribution in [3.05, 3.63) is 24.5 Å². The van der Waals surface area contributed by atoms with E-state index in [4.69, 9.17) is 4.74 Å². The molecule has 4 nitrogen and oxygen atoms in total. The van der Waals surface area contributed by atoms with Crippen LogP contribution in [-0.4, -0.2) is 29.0 Å². The van der Waals surface area contributed by atoms with Gasteiger partial charge in [-0.2, -0.15) is 5.10 Å². The van der Waals surface area contributed by atoms with Gasteiger partial charge in [-0.3, -0.25) is 0 Å². The first-order valence-electron chi connectivity index (χ1n) is 6.36. The number of nitrogens with one attached hydrogen (secondary N) is 1. The summed E-state index contributed by atoms with van der Waals surface area (Å²) >= 11 is 0. The first-order valence-corrected chi connectivity index (χ1v) is 6.36. The van der Waals surface area contributed by atoms with E-state index in [2.05, 4.69) is 17.0 Å². The highest BCUT2D eigenvalue weighted by atomic mass is 16.5. The molecule has 2 rings (SSSR count). The molecular formula is C13H21N3O. The van der Waals surface area contributed by atoms with Crippen LogP contribution in [0.15, 0.2) is 19.0 Å². The lowest BCUT2D eigenvalue weighted by Gasteiger charge is -2.10. The molecule has 1 saturated carbocycles. The molecule has 17 heavy (non-hydrogen) atoms. The molecule has 0 aliphatic heterocycles. The Morgan fingerprint density at radius 1 is 1.53 bits per heavy atom. The third-order valence-electron chi connectivity index (χ3n) is 3.11. The van der Waals surface area contributed by atoms with Gasteiger partial charge in [0, 0.05) is 31.0 Å². The van der Waals surface area contributed by atoms with Gasteiger partial charge in [0.05, 0.1) is 18.9 Å². The van der Waals surface area contributed by atoms with Gasteiger partial charge in [-0.05, 0) is 12.8 Å². The Morgan fingerprint density at radius 3 is 3.06 bits per heavy atom. The Bertz CT molecular complexity index is 342. The second-order valence-corrected chi connectivity index (χ2v) is 4.47. The molecule has 1 aliphatic carbocycles. The van der Waals surface area contributed by atoms with Crippen molar-refractivity contribution >= 4 is 6.20 Å². The highest BCUT2D eigenvalue weighted by Crippen LogP contribution is 2.20. The van der Waals surface area contributed by atoms with Crippen LogP contribution in [0.5, 0.6) is 0 Å². The van der Waals surface area contributed by atoms with Crippen LogP contribution in [0, 0.1) is 0 Å². The van der Waals surface area contributed by atoms with Gasteiger partial charge < -0.3 is 10.1 Å². The lowest BCUT2D eigenvalue weighted by atomic mass is 10.3. The summed E-state index contributed by atoms with van der Waals surface area (Å²) in [5.41, 5.74) is 1.17. The van der Waals surface area contributed by atoms with Crippen molar-refractivity contribution in [2.45, 2.75) is 38.3 Å². The molecule has 4 heteroatoms. The number of ether oxygens (including phenoxy) is 1. The zero-order chi connectivity index (χ0) is 11.9. The number of aromatic nitrogens is 2. The summed E-state index contributed by atoms with van der Waals surface area (Å²) < 4.78 is 7.48. The average Bonchev–Trinajstić information content (AvgIpc) is 2.99. The van der Waals surface area contributed by atoms with Crippen LogP contribution in [0.1, 0.15) is 31.2 Å². The fourth-order valence-corrected chi connectivity index (χ4v) is 2.15. The lowest BCUT2D eigenvalue weighted by Crippen LogP contribution is -2.21. The number of nitrogens with zero attached hydrogens (tertiary/aromatic N) is 2. The summed E-state index contributed by atoms with van der Waals surface area (Å²) in [5.74, 6) is 0. The largest absolute Gasteiger partial charge is 0.377 e. The Morgan fingerprint density at radius 2 is 2.35 bits per heavy atom. The number of hydrogen-bond donors (Lipinski definition) is 1. The fraction of sp³-hybridized carbons (Fsp3) is 0.615. The van der Waals surface area contributed by atoms with E-state index >= 15 is 0 Å². The smallest absolute Gasteiger partial charge is 0.0594 e. The van der Waals surface area contributed by atoms with E-state index in [1.807, 2.05) is 12.4 Å². The second-order valence-electron chi connectivity index (χ2n) is 4.47. The lowest BCUT2D eigenvalue weighted by molar-refractivity contribution is 0.0603. The average molecular weight is 235 g/mol. The van der Waals surface area contributed by atoms with Crippen molar-refractivity contribution < 1.29 is 4.74 Å². The van der Waals surface area contributed by atoms with E-state index in [1.54, 1.807) is 10.9 Å². The first kappa shape index (κ1) is 12.3. The van der Waals surface area contributed by atoms with Gasteiger partial charge in [-0.25, -0.2) is 4.68 Å². The molecule has 1 fully saturated rings. The molecule has 94 valence electrons. The SMILES string of the molecule is C=Cn1cc(CNCCOC2CCCC2)cn1. The van der Waals surface area contributed by atoms with Crippen molar-refractivity contribution in [1.82, 2.24) is 15.1 Å². The molecule has 0 atom stereocenters. The maximum absolute atomic E-state index is 5.77. The molecule has 0 unspecified atom stereocenters. The summed E-state index contributed by atoms with van der Waals surface area (Å²) in [6, 6.07) is 0. The molecule has 1 aromatic heterocycles. The predicted octanol–water partition coefficient (Wildman–Crippen LogP) is 2.03. The quantitative estimate of drug-likeness (QED) is 0.735. The third kappa shape index (κ3) is 3.98. The normalized spacial score (nSPS) is 16.5. The standard InChI is InChI=1S/C13H21N3O/c1-2-16-11-12(10-15-16)9-14-7-8-17-13-5-3-4-6-13/h2,10-11,13-14H,1,3-9H2. The molecule has 0 bridgehead atoms. The maximum Gasteiger partial charge on any atom is 0.0594 e. The van der Waals surface area contributed by atoms with E-state index in [-0.39, 0.29) is 0 Å². The molecule has 1 heterocycles. The molecule has 1 aromatic rings. The summed E-state index contributed by atoms with van der Waals surface area (Å²) in [5, 5.41) is 7.47. The van der Waals surface area contributed by atoms with Crippen LogP contribution in [0.25, 0.3) is 6.20 Å². The van der Waals surface area contributed by atoms with Crippen LogP contribution in [-0.2, 0) is 11.3 Å². The van der Waals surface area contributed by atoms with Crippen molar-refractivity contribution in [2.75, 3.05) is 13.2 Å². The van der Waals surface area contributed by atoms with Crippen molar-refractivity contribution in [3.8, 4) is 0 Å². The minimum atomic E-state index is 0.514. The van der Waals surface area contributed by atoms with Crippen LogP contribution in [0.3, 0.4) is 0 Å². The molecule has 0 spiro atoms. The molecular weight excluding hydrogens is 214 g/mol. The van der Waals surface area contributed by atoms with Crippen molar-refractivity contribution in [1.29, 1.82) is 0 Å². The maximum atomic E-state index is 5.77. The first-order chi connectivity index (χ1) is 8.38. The van der Waals surface area contributed by atoms with Gasteiger partial charge >= 0.3 is 0 Å². The highest BCUT2D eigenvalue weighted by Gasteiger charge is 2.14. The van der Waals surface area contributed by atoms with E-state index in [0.29, 0.717) is 6.10 Å². The molecule has 0 amide bonds. The van der Waals surface area contributed by atoms with Crippen molar-refractivity contribution in [2.24, 2.45) is 0 Å². The number of rotatable bonds is 7. The summed E-state index contributed by atoms with van der Waals surface area (Å²) in [7, 11) is 0. The predicted molar refractivity (Wildman–Crippen MR) is 68.5 cm³/mol. The number of hydrogen-bond acceptors (Lipinski definition) is 3. The Hall–Kier alpha value is -1.13. The van der Waals surface area contributed by atoms with Crippen LogP contribution >= 0.6 is 0 Å². The molecule has 1 aliphatic rings. The third-order valence-corrected chi connectivity index (χ3v) is 3.11. The van der Waals surface area contributed by atoms with Gasteiger partial charge in [-0.1, -0.05) is 19.4 Å². The summed E-state index contributed by atoms with van der Waals surface area (Å²) in [6.45, 7) is 6.20. The van der Waals surface area contributed by atoms with Crippen molar-refractivity contribution in [3.63, 3.8) is 0 Å². The van der Waals surface area contributed by atoms with Crippen LogP contribution < -0.4 is 5.32 Å². The van der Waals surface area contributed by atoms with E-state index in [9.17, 15) is 0 Å². The van der Waals surface area contributed by atoms with Gasteiger partial charge in [0.1, 0.15) is 0 Å².